The van der Waals surface area contributed by atoms with Crippen LogP contribution in [-0.4, -0.2) is 24.8 Å². The highest BCUT2D eigenvalue weighted by molar-refractivity contribution is 5.67. The summed E-state index contributed by atoms with van der Waals surface area (Å²) in [6.45, 7) is 14.9. The number of rotatable bonds is 4. The summed E-state index contributed by atoms with van der Waals surface area (Å²) in [5.74, 6) is 0.846. The first-order valence-corrected chi connectivity index (χ1v) is 7.70. The number of amides is 1. The molecular weight excluding hydrogens is 278 g/mol. The minimum atomic E-state index is -0.482. The summed E-state index contributed by atoms with van der Waals surface area (Å²) in [5, 5.41) is 2.68. The average Bonchev–Trinajstić information content (AvgIpc) is 2.32. The zero-order chi connectivity index (χ0) is 17.0. The topological polar surface area (TPSA) is 47.6 Å². The molecule has 1 amide bonds. The van der Waals surface area contributed by atoms with Crippen LogP contribution in [0.1, 0.15) is 52.7 Å². The molecule has 0 fully saturated rings. The van der Waals surface area contributed by atoms with Crippen LogP contribution >= 0.6 is 0 Å². The molecule has 0 bridgehead atoms. The van der Waals surface area contributed by atoms with Gasteiger partial charge in [0.2, 0.25) is 0 Å². The van der Waals surface area contributed by atoms with Gasteiger partial charge < -0.3 is 14.8 Å². The Morgan fingerprint density at radius 3 is 2.27 bits per heavy atom. The van der Waals surface area contributed by atoms with Crippen molar-refractivity contribution in [1.82, 2.24) is 5.32 Å². The number of benzene rings is 1. The van der Waals surface area contributed by atoms with Crippen LogP contribution in [0.2, 0.25) is 0 Å². The molecule has 0 unspecified atom stereocenters. The summed E-state index contributed by atoms with van der Waals surface area (Å²) in [6, 6.07) is 6.23. The monoisotopic (exact) mass is 307 g/mol. The number of nitrogens with one attached hydrogen (secondary N) is 1. The first-order chi connectivity index (χ1) is 9.99. The number of aryl methyl sites for hydroxylation is 1. The van der Waals surface area contributed by atoms with Crippen molar-refractivity contribution in [2.75, 3.05) is 13.2 Å². The number of carbonyl (C=O) groups is 1. The van der Waals surface area contributed by atoms with E-state index in [1.807, 2.05) is 33.8 Å². The van der Waals surface area contributed by atoms with E-state index in [4.69, 9.17) is 9.47 Å². The van der Waals surface area contributed by atoms with Crippen molar-refractivity contribution in [2.24, 2.45) is 0 Å². The van der Waals surface area contributed by atoms with Gasteiger partial charge >= 0.3 is 6.09 Å². The Balaban J connectivity index is 2.45. The molecule has 0 saturated carbocycles. The molecule has 0 radical (unpaired) electrons. The molecule has 0 saturated heterocycles. The van der Waals surface area contributed by atoms with E-state index in [0.29, 0.717) is 13.2 Å². The van der Waals surface area contributed by atoms with Crippen LogP contribution in [0.4, 0.5) is 4.79 Å². The molecule has 4 heteroatoms. The molecule has 1 aromatic carbocycles. The molecule has 124 valence electrons. The van der Waals surface area contributed by atoms with Gasteiger partial charge in [-0.25, -0.2) is 4.79 Å². The molecule has 1 rings (SSSR count). The Labute approximate surface area is 134 Å². The quantitative estimate of drug-likeness (QED) is 0.848. The maximum Gasteiger partial charge on any atom is 0.407 e. The van der Waals surface area contributed by atoms with Crippen LogP contribution in [0.5, 0.6) is 5.75 Å². The zero-order valence-corrected chi connectivity index (χ0v) is 14.9. The molecule has 1 aromatic rings. The van der Waals surface area contributed by atoms with E-state index >= 15 is 0 Å². The number of alkyl carbamates (subject to hydrolysis) is 1. The summed E-state index contributed by atoms with van der Waals surface area (Å²) in [7, 11) is 0. The van der Waals surface area contributed by atoms with Gasteiger partial charge in [-0.1, -0.05) is 32.9 Å². The van der Waals surface area contributed by atoms with E-state index in [0.717, 1.165) is 11.3 Å². The third-order valence-electron chi connectivity index (χ3n) is 3.07. The standard InChI is InChI=1S/C18H29NO3/c1-13-12-14(17(2,3)4)8-9-15(13)21-11-10-19-16(20)22-18(5,6)7/h8-9,12H,10-11H2,1-7H3,(H,19,20). The van der Waals surface area contributed by atoms with Crippen molar-refractivity contribution in [3.63, 3.8) is 0 Å². The van der Waals surface area contributed by atoms with Gasteiger partial charge in [0, 0.05) is 0 Å². The van der Waals surface area contributed by atoms with Gasteiger partial charge in [0.05, 0.1) is 6.54 Å². The fourth-order valence-corrected chi connectivity index (χ4v) is 1.91. The van der Waals surface area contributed by atoms with Crippen molar-refractivity contribution >= 4 is 6.09 Å². The molecule has 0 heterocycles. The second-order valence-electron chi connectivity index (χ2n) is 7.51. The van der Waals surface area contributed by atoms with Gasteiger partial charge in [-0.3, -0.25) is 0 Å². The first kappa shape index (κ1) is 18.3. The summed E-state index contributed by atoms with van der Waals surface area (Å²) >= 11 is 0. The van der Waals surface area contributed by atoms with Crippen molar-refractivity contribution < 1.29 is 14.3 Å². The fourth-order valence-electron chi connectivity index (χ4n) is 1.91. The predicted octanol–water partition coefficient (Wildman–Crippen LogP) is 4.20. The lowest BCUT2D eigenvalue weighted by molar-refractivity contribution is 0.0520. The number of carbonyl (C=O) groups excluding carboxylic acids is 1. The minimum absolute atomic E-state index is 0.127. The van der Waals surface area contributed by atoms with Crippen LogP contribution < -0.4 is 10.1 Å². The van der Waals surface area contributed by atoms with E-state index in [-0.39, 0.29) is 5.41 Å². The molecule has 22 heavy (non-hydrogen) atoms. The maximum atomic E-state index is 11.5. The molecule has 0 aliphatic rings. The lowest BCUT2D eigenvalue weighted by Gasteiger charge is -2.21. The molecule has 0 atom stereocenters. The number of hydrogen-bond donors (Lipinski definition) is 1. The number of hydrogen-bond acceptors (Lipinski definition) is 3. The van der Waals surface area contributed by atoms with Gasteiger partial charge in [0.25, 0.3) is 0 Å². The van der Waals surface area contributed by atoms with E-state index in [1.165, 1.54) is 5.56 Å². The van der Waals surface area contributed by atoms with Crippen LogP contribution in [0, 0.1) is 6.92 Å². The maximum absolute atomic E-state index is 11.5. The Morgan fingerprint density at radius 1 is 1.14 bits per heavy atom. The highest BCUT2D eigenvalue weighted by Crippen LogP contribution is 2.27. The van der Waals surface area contributed by atoms with Gasteiger partial charge in [-0.05, 0) is 50.3 Å². The molecule has 1 N–H and O–H groups in total. The Bertz CT molecular complexity index is 510. The average molecular weight is 307 g/mol. The second-order valence-corrected chi connectivity index (χ2v) is 7.51. The Morgan fingerprint density at radius 2 is 1.77 bits per heavy atom. The first-order valence-electron chi connectivity index (χ1n) is 7.70. The molecule has 0 spiro atoms. The largest absolute Gasteiger partial charge is 0.491 e. The van der Waals surface area contributed by atoms with Crippen molar-refractivity contribution in [1.29, 1.82) is 0 Å². The summed E-state index contributed by atoms with van der Waals surface area (Å²) in [4.78, 5) is 11.5. The Hall–Kier alpha value is -1.71. The van der Waals surface area contributed by atoms with E-state index in [9.17, 15) is 4.79 Å². The van der Waals surface area contributed by atoms with Gasteiger partial charge in [0.1, 0.15) is 18.0 Å². The van der Waals surface area contributed by atoms with Gasteiger partial charge in [0.15, 0.2) is 0 Å². The molecular formula is C18H29NO3. The van der Waals surface area contributed by atoms with Crippen molar-refractivity contribution in [3.8, 4) is 5.75 Å². The second kappa shape index (κ2) is 7.03. The molecule has 0 aliphatic heterocycles. The number of ether oxygens (including phenoxy) is 2. The zero-order valence-electron chi connectivity index (χ0n) is 14.9. The fraction of sp³-hybridized carbons (Fsp3) is 0.611. The highest BCUT2D eigenvalue weighted by Gasteiger charge is 2.16. The molecule has 0 aliphatic carbocycles. The lowest BCUT2D eigenvalue weighted by Crippen LogP contribution is -2.34. The van der Waals surface area contributed by atoms with Crippen LogP contribution in [0.15, 0.2) is 18.2 Å². The summed E-state index contributed by atoms with van der Waals surface area (Å²) in [5.41, 5.74) is 2.03. The smallest absolute Gasteiger partial charge is 0.407 e. The van der Waals surface area contributed by atoms with E-state index < -0.39 is 11.7 Å². The normalized spacial score (nSPS) is 12.0. The highest BCUT2D eigenvalue weighted by atomic mass is 16.6. The molecule has 4 nitrogen and oxygen atoms in total. The van der Waals surface area contributed by atoms with Crippen LogP contribution in [-0.2, 0) is 10.2 Å². The van der Waals surface area contributed by atoms with Crippen LogP contribution in [0.3, 0.4) is 0 Å². The predicted molar refractivity (Wildman–Crippen MR) is 89.6 cm³/mol. The van der Waals surface area contributed by atoms with Crippen molar-refractivity contribution in [3.05, 3.63) is 29.3 Å². The van der Waals surface area contributed by atoms with Gasteiger partial charge in [-0.15, -0.1) is 0 Å². The minimum Gasteiger partial charge on any atom is -0.491 e. The third kappa shape index (κ3) is 6.37. The summed E-state index contributed by atoms with van der Waals surface area (Å²) in [6.07, 6.45) is -0.420. The van der Waals surface area contributed by atoms with Gasteiger partial charge in [-0.2, -0.15) is 0 Å². The summed E-state index contributed by atoms with van der Waals surface area (Å²) < 4.78 is 10.9. The van der Waals surface area contributed by atoms with E-state index in [2.05, 4.69) is 38.2 Å². The van der Waals surface area contributed by atoms with E-state index in [1.54, 1.807) is 0 Å². The van der Waals surface area contributed by atoms with Crippen LogP contribution in [0.25, 0.3) is 0 Å². The Kier molecular flexibility index (Phi) is 5.86. The molecule has 0 aromatic heterocycles. The SMILES string of the molecule is Cc1cc(C(C)(C)C)ccc1OCCNC(=O)OC(C)(C)C. The third-order valence-corrected chi connectivity index (χ3v) is 3.07. The van der Waals surface area contributed by atoms with Crippen molar-refractivity contribution in [2.45, 2.75) is 59.5 Å². The lowest BCUT2D eigenvalue weighted by atomic mass is 9.86.